The summed E-state index contributed by atoms with van der Waals surface area (Å²) in [4.78, 5) is 83.6. The summed E-state index contributed by atoms with van der Waals surface area (Å²) >= 11 is 9.20. The van der Waals surface area contributed by atoms with Crippen LogP contribution in [-0.2, 0) is 39.0 Å². The van der Waals surface area contributed by atoms with Gasteiger partial charge in [0, 0.05) is 135 Å². The van der Waals surface area contributed by atoms with Crippen molar-refractivity contribution in [1.29, 1.82) is 0 Å². The minimum absolute atomic E-state index is 0.0105. The Bertz CT molecular complexity index is 4520. The molecule has 1 aromatic heterocycles. The normalized spacial score (nSPS) is 21.6. The maximum atomic E-state index is 14.7. The first-order chi connectivity index (χ1) is 51.4. The molecular formula is C81H102ClF3N10O10S4. The van der Waals surface area contributed by atoms with E-state index in [2.05, 4.69) is 75.5 Å². The fourth-order valence-electron chi connectivity index (χ4n) is 16.0. The van der Waals surface area contributed by atoms with Crippen molar-refractivity contribution in [3.63, 3.8) is 0 Å². The number of likely N-dealkylation sites (tertiary alicyclic amines) is 3. The largest absolute Gasteiger partial charge is 0.501 e. The molecular weight excluding hydrogens is 1490 g/mol. The summed E-state index contributed by atoms with van der Waals surface area (Å²) in [6.45, 7) is 24.6. The number of halogens is 4. The third-order valence-corrected chi connectivity index (χ3v) is 27.7. The maximum Gasteiger partial charge on any atom is 0.501 e. The van der Waals surface area contributed by atoms with E-state index < -0.39 is 94.3 Å². The Balaban J connectivity index is 0.659. The predicted octanol–water partition coefficient (Wildman–Crippen LogP) is 13.4. The number of carbonyl (C=O) groups excluding carboxylic acids is 5. The number of nitrogens with zero attached hydrogens (tertiary/aromatic N) is 6. The second-order valence-electron chi connectivity index (χ2n) is 32.6. The van der Waals surface area contributed by atoms with Gasteiger partial charge in [-0.2, -0.15) is 13.2 Å². The molecule has 5 heterocycles. The Labute approximate surface area is 652 Å². The molecule has 28 heteroatoms. The number of aromatic nitrogens is 1. The number of hydrogen-bond acceptors (Lipinski definition) is 17. The van der Waals surface area contributed by atoms with Crippen molar-refractivity contribution in [2.75, 3.05) is 88.0 Å². The number of alkyl halides is 3. The number of anilines is 2. The van der Waals surface area contributed by atoms with Crippen LogP contribution in [0.1, 0.15) is 153 Å². The van der Waals surface area contributed by atoms with E-state index in [1.807, 2.05) is 111 Å². The zero-order valence-corrected chi connectivity index (χ0v) is 67.5. The highest BCUT2D eigenvalue weighted by Crippen LogP contribution is 2.52. The number of aliphatic hydroxyl groups is 1. The number of carbonyl (C=O) groups is 5. The number of β-amino-alcohol motifs (C(OH)–C–C–N with tert-alkyl or cyclic N) is 1. The molecule has 0 spiro atoms. The third kappa shape index (κ3) is 19.9. The van der Waals surface area contributed by atoms with Crippen LogP contribution in [0.15, 0.2) is 147 Å². The summed E-state index contributed by atoms with van der Waals surface area (Å²) in [7, 11) is -11.1. The van der Waals surface area contributed by atoms with Crippen molar-refractivity contribution in [3.05, 3.63) is 160 Å². The number of piperazine rings is 1. The van der Waals surface area contributed by atoms with Crippen LogP contribution in [0.5, 0.6) is 0 Å². The van der Waals surface area contributed by atoms with Crippen molar-refractivity contribution >= 4 is 101 Å². The van der Waals surface area contributed by atoms with Gasteiger partial charge in [0.15, 0.2) is 0 Å². The molecule has 11 rings (SSSR count). The minimum Gasteiger partial charge on any atom is -0.391 e. The molecule has 0 radical (unpaired) electrons. The molecule has 5 aromatic carbocycles. The van der Waals surface area contributed by atoms with E-state index in [9.17, 15) is 59.1 Å². The summed E-state index contributed by atoms with van der Waals surface area (Å²) in [6.07, 6.45) is 4.46. The lowest BCUT2D eigenvalue weighted by molar-refractivity contribution is -0.144. The summed E-state index contributed by atoms with van der Waals surface area (Å²) in [5.41, 5.74) is 1.88. The van der Waals surface area contributed by atoms with Crippen LogP contribution in [0.3, 0.4) is 0 Å². The molecule has 109 heavy (non-hydrogen) atoms. The van der Waals surface area contributed by atoms with Gasteiger partial charge in [-0.15, -0.1) is 23.1 Å². The number of fused-ring (bicyclic) bond motifs is 1. The van der Waals surface area contributed by atoms with E-state index in [4.69, 9.17) is 11.6 Å². The zero-order chi connectivity index (χ0) is 78.6. The van der Waals surface area contributed by atoms with Gasteiger partial charge in [-0.3, -0.25) is 28.9 Å². The quantitative estimate of drug-likeness (QED) is 0.0226. The van der Waals surface area contributed by atoms with Crippen molar-refractivity contribution in [2.45, 2.75) is 177 Å². The van der Waals surface area contributed by atoms with Crippen molar-refractivity contribution < 1.29 is 59.1 Å². The molecule has 4 saturated heterocycles. The molecule has 2 unspecified atom stereocenters. The van der Waals surface area contributed by atoms with Gasteiger partial charge in [-0.25, -0.2) is 26.5 Å². The molecule has 1 aliphatic carbocycles. The number of nitrogens with one attached hydrogen (secondary N) is 4. The van der Waals surface area contributed by atoms with Gasteiger partial charge in [-0.1, -0.05) is 127 Å². The first-order valence-corrected chi connectivity index (χ1v) is 42.7. The molecule has 588 valence electrons. The highest BCUT2D eigenvalue weighted by molar-refractivity contribution is 7.99. The highest BCUT2D eigenvalue weighted by Gasteiger charge is 2.58. The minimum atomic E-state index is -6.19. The molecule has 7 atom stereocenters. The molecule has 4 aliphatic heterocycles. The van der Waals surface area contributed by atoms with Gasteiger partial charge in [0.2, 0.25) is 23.6 Å². The van der Waals surface area contributed by atoms with Gasteiger partial charge >= 0.3 is 5.51 Å². The van der Waals surface area contributed by atoms with E-state index in [-0.39, 0.29) is 65.2 Å². The second-order valence-corrected chi connectivity index (χ2v) is 38.5. The highest BCUT2D eigenvalue weighted by atomic mass is 35.5. The van der Waals surface area contributed by atoms with Gasteiger partial charge < -0.3 is 40.7 Å². The van der Waals surface area contributed by atoms with Crippen molar-refractivity contribution in [1.82, 2.24) is 39.9 Å². The van der Waals surface area contributed by atoms with Crippen LogP contribution in [0, 0.1) is 28.6 Å². The Morgan fingerprint density at radius 3 is 2.06 bits per heavy atom. The fourth-order valence-corrected chi connectivity index (χ4v) is 19.9. The van der Waals surface area contributed by atoms with Gasteiger partial charge in [-0.05, 0) is 152 Å². The Morgan fingerprint density at radius 2 is 1.43 bits per heavy atom. The fraction of sp³-hybridized carbons (Fsp3) is 0.506. The van der Waals surface area contributed by atoms with Crippen molar-refractivity contribution in [2.24, 2.45) is 21.7 Å². The van der Waals surface area contributed by atoms with Crippen molar-refractivity contribution in [3.8, 4) is 10.4 Å². The van der Waals surface area contributed by atoms with Crippen LogP contribution in [0.25, 0.3) is 16.0 Å². The SMILES string of the molecule is Cc1ncsc1-c1ccc([C@H](C)NC(=O)[C@@H]2C[C@@H](O)CN2C(=O)[C@@H](NC(=O)CCCCCC(=O)N2CC3(C)CN(CC[C@H](CSc4ccccc4)Nc4ccc(S(=O)(=O)NC(=O)c5ccc(N6CCN(CC7=C(c8ccc(Cl)cc8)CCC(C)(C)C7)CC6)cc5)cc4S(=O)(=O)C(F)(F)F)CC3(C)C2)C(C)(C)C)cc1. The van der Waals surface area contributed by atoms with E-state index in [1.165, 1.54) is 45.5 Å². The molecule has 5 aliphatic rings. The Kier molecular flexibility index (Phi) is 25.7. The lowest BCUT2D eigenvalue weighted by Gasteiger charge is -2.39. The van der Waals surface area contributed by atoms with Gasteiger partial charge in [0.25, 0.3) is 25.8 Å². The molecule has 4 fully saturated rings. The summed E-state index contributed by atoms with van der Waals surface area (Å²) in [5.74, 6) is -2.01. The van der Waals surface area contributed by atoms with E-state index in [0.29, 0.717) is 82.6 Å². The summed E-state index contributed by atoms with van der Waals surface area (Å²) in [6, 6.07) is 31.0. The number of aryl methyl sites for hydroxylation is 1. The summed E-state index contributed by atoms with van der Waals surface area (Å²) in [5, 5.41) is 20.5. The predicted molar refractivity (Wildman–Crippen MR) is 423 cm³/mol. The number of sulfone groups is 1. The first kappa shape index (κ1) is 82.6. The number of sulfonamides is 1. The smallest absolute Gasteiger partial charge is 0.391 e. The number of benzene rings is 5. The zero-order valence-electron chi connectivity index (χ0n) is 63.5. The van der Waals surface area contributed by atoms with Crippen LogP contribution < -0.4 is 25.6 Å². The number of unbranched alkanes of at least 4 members (excludes halogenated alkanes) is 2. The second kappa shape index (κ2) is 33.9. The van der Waals surface area contributed by atoms with E-state index >= 15 is 0 Å². The van der Waals surface area contributed by atoms with Crippen LogP contribution in [-0.4, -0.2) is 184 Å². The monoisotopic (exact) mass is 1590 g/mol. The number of rotatable bonds is 28. The number of hydrogen-bond donors (Lipinski definition) is 5. The third-order valence-electron chi connectivity index (χ3n) is 22.5. The maximum absolute atomic E-state index is 14.7. The number of allylic oxidation sites excluding steroid dienone is 1. The molecule has 5 N–H and O–H groups in total. The van der Waals surface area contributed by atoms with E-state index in [1.54, 1.807) is 29.0 Å². The Hall–Kier alpha value is -7.37. The molecule has 0 saturated carbocycles. The van der Waals surface area contributed by atoms with Gasteiger partial charge in [0.05, 0.1) is 38.8 Å². The average molecular weight is 1600 g/mol. The lowest BCUT2D eigenvalue weighted by Crippen LogP contribution is -2.57. The summed E-state index contributed by atoms with van der Waals surface area (Å²) < 4.78 is 101. The topological polar surface area (TPSA) is 251 Å². The van der Waals surface area contributed by atoms with Gasteiger partial charge in [0.1, 0.15) is 17.0 Å². The molecule has 6 aromatic rings. The number of amides is 5. The first-order valence-electron chi connectivity index (χ1n) is 37.5. The number of thiazole rings is 1. The molecule has 0 bridgehead atoms. The number of aliphatic hydroxyl groups excluding tert-OH is 1. The van der Waals surface area contributed by atoms with Crippen LogP contribution in [0.2, 0.25) is 5.02 Å². The Morgan fingerprint density at radius 1 is 0.780 bits per heavy atom. The standard InChI is InChI=1S/C81H102ClF3N10O10S4/c1-53(55-20-22-57(23-21-55)72-54(2)86-52-107-72)87-75(100)68-42-63(96)46-95(68)76(101)73(77(3,4)5)89-70(97)18-14-11-15-19-71(98)94-50-79(8)48-92(49-80(79,9)51-94)37-35-61(47-106-64-16-12-10-13-17-64)88-67-33-32-65(43-69(67)108(102,103)81(83,84)85)109(104,105)90-74(99)58-26-30-62(31-27-58)93-40-38-91(39-41-93)45-59-44-78(6,7)36-34-66(59)56-24-28-60(82)29-25-56/h10,12-13,16-17,20-33,43,52-53,61,63,68,73,88,96H,11,14-15,18-19,34-42,44-51H2,1-9H3,(H,87,100)(H,89,97)(H,90,99)/t53-,61+,63+,68-,73+,79?,80?/m0/s1. The number of thioether (sulfide) groups is 1. The molecule has 20 nitrogen and oxygen atoms in total. The van der Waals surface area contributed by atoms with Crippen LogP contribution in [0.4, 0.5) is 24.5 Å². The average Bonchev–Trinajstić information content (AvgIpc) is 1.58. The van der Waals surface area contributed by atoms with E-state index in [0.717, 1.165) is 83.3 Å². The lowest BCUT2D eigenvalue weighted by atomic mass is 9.71. The van der Waals surface area contributed by atoms with Crippen LogP contribution >= 0.6 is 34.7 Å². The molecule has 5 amide bonds.